The summed E-state index contributed by atoms with van der Waals surface area (Å²) in [5.41, 5.74) is 1.66. The van der Waals surface area contributed by atoms with Gasteiger partial charge >= 0.3 is 0 Å². The number of fused-ring (bicyclic) bond motifs is 1. The van der Waals surface area contributed by atoms with Gasteiger partial charge in [-0.05, 0) is 30.7 Å². The van der Waals surface area contributed by atoms with E-state index in [1.165, 1.54) is 18.6 Å². The minimum atomic E-state index is -0.00120. The number of hydrogen-bond donors (Lipinski definition) is 2. The zero-order valence-electron chi connectivity index (χ0n) is 10.1. The fraction of sp³-hybridized carbons (Fsp3) is 0.357. The molecule has 3 rings (SSSR count). The van der Waals surface area contributed by atoms with Crippen LogP contribution in [-0.2, 0) is 0 Å². The lowest BCUT2D eigenvalue weighted by atomic mass is 10.2. The van der Waals surface area contributed by atoms with Gasteiger partial charge in [0.1, 0.15) is 5.69 Å². The first-order valence-corrected chi connectivity index (χ1v) is 7.35. The summed E-state index contributed by atoms with van der Waals surface area (Å²) in [4.78, 5) is 15.2. The Morgan fingerprint density at radius 3 is 3.11 bits per heavy atom. The van der Waals surface area contributed by atoms with Gasteiger partial charge in [-0.1, -0.05) is 18.2 Å². The zero-order chi connectivity index (χ0) is 12.4. The molecule has 2 aromatic rings. The second kappa shape index (κ2) is 5.06. The van der Waals surface area contributed by atoms with E-state index in [-0.39, 0.29) is 5.91 Å². The maximum atomic E-state index is 12.0. The number of aromatic nitrogens is 1. The highest BCUT2D eigenvalue weighted by atomic mass is 32.2. The summed E-state index contributed by atoms with van der Waals surface area (Å²) in [5, 5.41) is 4.69. The Hall–Kier alpha value is -1.42. The quantitative estimate of drug-likeness (QED) is 0.891. The van der Waals surface area contributed by atoms with E-state index in [9.17, 15) is 4.79 Å². The van der Waals surface area contributed by atoms with Crippen LogP contribution in [0.3, 0.4) is 0 Å². The van der Waals surface area contributed by atoms with Crippen molar-refractivity contribution < 1.29 is 4.79 Å². The van der Waals surface area contributed by atoms with Crippen molar-refractivity contribution >= 4 is 28.6 Å². The Kier molecular flexibility index (Phi) is 3.28. The molecule has 1 fully saturated rings. The average Bonchev–Trinajstić information content (AvgIpc) is 3.04. The van der Waals surface area contributed by atoms with Crippen molar-refractivity contribution in [2.24, 2.45) is 0 Å². The number of rotatable bonds is 3. The van der Waals surface area contributed by atoms with Crippen molar-refractivity contribution in [2.75, 3.05) is 12.3 Å². The average molecular weight is 260 g/mol. The lowest BCUT2D eigenvalue weighted by molar-refractivity contribution is 0.0949. The summed E-state index contributed by atoms with van der Waals surface area (Å²) in [6, 6.07) is 9.85. The summed E-state index contributed by atoms with van der Waals surface area (Å²) < 4.78 is 0. The topological polar surface area (TPSA) is 44.9 Å². The molecule has 3 nitrogen and oxygen atoms in total. The van der Waals surface area contributed by atoms with Crippen molar-refractivity contribution in [3.8, 4) is 0 Å². The van der Waals surface area contributed by atoms with Crippen LogP contribution in [-0.4, -0.2) is 28.4 Å². The van der Waals surface area contributed by atoms with Crippen LogP contribution in [0.2, 0.25) is 0 Å². The van der Waals surface area contributed by atoms with Crippen LogP contribution in [0.5, 0.6) is 0 Å². The van der Waals surface area contributed by atoms with Crippen molar-refractivity contribution in [1.29, 1.82) is 0 Å². The second-order valence-corrected chi connectivity index (χ2v) is 6.02. The van der Waals surface area contributed by atoms with E-state index in [2.05, 4.69) is 10.3 Å². The number of hydrogen-bond acceptors (Lipinski definition) is 2. The van der Waals surface area contributed by atoms with E-state index >= 15 is 0 Å². The smallest absolute Gasteiger partial charge is 0.267 e. The summed E-state index contributed by atoms with van der Waals surface area (Å²) >= 11 is 1.96. The van der Waals surface area contributed by atoms with E-state index in [1.54, 1.807) is 0 Å². The molecule has 2 heterocycles. The van der Waals surface area contributed by atoms with Gasteiger partial charge < -0.3 is 10.3 Å². The third-order valence-electron chi connectivity index (χ3n) is 3.29. The first-order chi connectivity index (χ1) is 8.83. The minimum Gasteiger partial charge on any atom is -0.351 e. The molecule has 94 valence electrons. The van der Waals surface area contributed by atoms with Crippen LogP contribution >= 0.6 is 11.8 Å². The van der Waals surface area contributed by atoms with Crippen LogP contribution in [0.15, 0.2) is 30.3 Å². The van der Waals surface area contributed by atoms with Gasteiger partial charge in [0.05, 0.1) is 0 Å². The van der Waals surface area contributed by atoms with Gasteiger partial charge in [-0.3, -0.25) is 4.79 Å². The van der Waals surface area contributed by atoms with Gasteiger partial charge in [0, 0.05) is 22.7 Å². The number of aromatic amines is 1. The number of thioether (sulfide) groups is 1. The predicted molar refractivity (Wildman–Crippen MR) is 76.1 cm³/mol. The molecule has 0 spiro atoms. The number of H-pyrrole nitrogens is 1. The molecule has 1 aliphatic rings. The van der Waals surface area contributed by atoms with Gasteiger partial charge in [0.2, 0.25) is 0 Å². The van der Waals surface area contributed by atoms with Gasteiger partial charge in [-0.2, -0.15) is 11.8 Å². The van der Waals surface area contributed by atoms with E-state index in [0.717, 1.165) is 17.4 Å². The molecular formula is C14H16N2OS. The normalized spacial score (nSPS) is 19.2. The van der Waals surface area contributed by atoms with Gasteiger partial charge in [0.15, 0.2) is 0 Å². The summed E-state index contributed by atoms with van der Waals surface area (Å²) in [6.07, 6.45) is 2.50. The zero-order valence-corrected chi connectivity index (χ0v) is 10.9. The Morgan fingerprint density at radius 1 is 1.44 bits per heavy atom. The van der Waals surface area contributed by atoms with Gasteiger partial charge in [-0.25, -0.2) is 0 Å². The highest BCUT2D eigenvalue weighted by Crippen LogP contribution is 2.25. The van der Waals surface area contributed by atoms with E-state index in [1.807, 2.05) is 42.1 Å². The SMILES string of the molecule is O=C(NCC1CCCS1)c1cc2ccccc2[nH]1. The monoisotopic (exact) mass is 260 g/mol. The van der Waals surface area contributed by atoms with E-state index in [4.69, 9.17) is 0 Å². The van der Waals surface area contributed by atoms with Gasteiger partial charge in [0.25, 0.3) is 5.91 Å². The van der Waals surface area contributed by atoms with Crippen LogP contribution in [0.25, 0.3) is 10.9 Å². The minimum absolute atomic E-state index is 0.00120. The lowest BCUT2D eigenvalue weighted by Crippen LogP contribution is -2.29. The molecule has 0 aliphatic carbocycles. The van der Waals surface area contributed by atoms with Gasteiger partial charge in [-0.15, -0.1) is 0 Å². The molecule has 1 aromatic heterocycles. The maximum Gasteiger partial charge on any atom is 0.267 e. The van der Waals surface area contributed by atoms with E-state index in [0.29, 0.717) is 10.9 Å². The number of carbonyl (C=O) groups excluding carboxylic acids is 1. The Morgan fingerprint density at radius 2 is 2.33 bits per heavy atom. The Bertz CT molecular complexity index is 525. The van der Waals surface area contributed by atoms with Crippen molar-refractivity contribution in [3.63, 3.8) is 0 Å². The largest absolute Gasteiger partial charge is 0.351 e. The Balaban J connectivity index is 1.67. The van der Waals surface area contributed by atoms with Crippen molar-refractivity contribution in [1.82, 2.24) is 10.3 Å². The summed E-state index contributed by atoms with van der Waals surface area (Å²) in [5.74, 6) is 1.23. The fourth-order valence-electron chi connectivity index (χ4n) is 2.30. The molecule has 0 saturated carbocycles. The number of nitrogens with one attached hydrogen (secondary N) is 2. The predicted octanol–water partition coefficient (Wildman–Crippen LogP) is 2.79. The molecule has 2 N–H and O–H groups in total. The molecule has 1 amide bonds. The molecule has 1 aliphatic heterocycles. The molecule has 1 unspecified atom stereocenters. The first-order valence-electron chi connectivity index (χ1n) is 6.30. The molecule has 1 atom stereocenters. The summed E-state index contributed by atoms with van der Waals surface area (Å²) in [6.45, 7) is 0.777. The first kappa shape index (κ1) is 11.7. The molecule has 4 heteroatoms. The number of amides is 1. The lowest BCUT2D eigenvalue weighted by Gasteiger charge is -2.08. The van der Waals surface area contributed by atoms with Crippen molar-refractivity contribution in [3.05, 3.63) is 36.0 Å². The molecule has 18 heavy (non-hydrogen) atoms. The third kappa shape index (κ3) is 2.38. The van der Waals surface area contributed by atoms with E-state index < -0.39 is 0 Å². The van der Waals surface area contributed by atoms with Crippen LogP contribution in [0.1, 0.15) is 23.3 Å². The number of para-hydroxylation sites is 1. The number of benzene rings is 1. The molecule has 0 bridgehead atoms. The molecule has 1 saturated heterocycles. The van der Waals surface area contributed by atoms with Crippen LogP contribution < -0.4 is 5.32 Å². The van der Waals surface area contributed by atoms with Crippen LogP contribution in [0, 0.1) is 0 Å². The van der Waals surface area contributed by atoms with Crippen molar-refractivity contribution in [2.45, 2.75) is 18.1 Å². The highest BCUT2D eigenvalue weighted by molar-refractivity contribution is 8.00. The second-order valence-electron chi connectivity index (χ2n) is 4.62. The third-order valence-corrected chi connectivity index (χ3v) is 4.69. The summed E-state index contributed by atoms with van der Waals surface area (Å²) in [7, 11) is 0. The standard InChI is InChI=1S/C14H16N2OS/c17-14(15-9-11-5-3-7-18-11)13-8-10-4-1-2-6-12(10)16-13/h1-2,4,6,8,11,16H,3,5,7,9H2,(H,15,17). The maximum absolute atomic E-state index is 12.0. The fourth-order valence-corrected chi connectivity index (χ4v) is 3.50. The molecule has 0 radical (unpaired) electrons. The highest BCUT2D eigenvalue weighted by Gasteiger charge is 2.17. The Labute approximate surface area is 110 Å². The molecule has 1 aromatic carbocycles. The molecular weight excluding hydrogens is 244 g/mol. The number of carbonyl (C=O) groups is 1. The van der Waals surface area contributed by atoms with Crippen LogP contribution in [0.4, 0.5) is 0 Å².